The number of aryl methyl sites for hydroxylation is 1. The Hall–Kier alpha value is -1.56. The highest BCUT2D eigenvalue weighted by molar-refractivity contribution is 5.75. The summed E-state index contributed by atoms with van der Waals surface area (Å²) in [7, 11) is 0. The third-order valence-corrected chi connectivity index (χ3v) is 2.31. The van der Waals surface area contributed by atoms with E-state index in [1.54, 1.807) is 0 Å². The van der Waals surface area contributed by atoms with Gasteiger partial charge in [0, 0.05) is 0 Å². The molecule has 1 aromatic rings. The topological polar surface area (TPSA) is 0 Å². The fourth-order valence-corrected chi connectivity index (χ4v) is 1.53. The third-order valence-electron chi connectivity index (χ3n) is 2.31. The summed E-state index contributed by atoms with van der Waals surface area (Å²) in [5.41, 5.74) is 3.84. The SMILES string of the molecule is C=C/C=C(\C=C/C)c1cccc(CC)c1. The molecule has 0 aliphatic carbocycles. The molecule has 0 N–H and O–H groups in total. The Morgan fingerprint density at radius 3 is 2.80 bits per heavy atom. The molecule has 0 radical (unpaired) electrons. The van der Waals surface area contributed by atoms with Crippen molar-refractivity contribution in [3.05, 3.63) is 66.3 Å². The van der Waals surface area contributed by atoms with E-state index < -0.39 is 0 Å². The van der Waals surface area contributed by atoms with Gasteiger partial charge < -0.3 is 0 Å². The minimum absolute atomic E-state index is 1.07. The normalized spacial score (nSPS) is 12.0. The molecule has 0 heteroatoms. The maximum atomic E-state index is 3.74. The Morgan fingerprint density at radius 1 is 1.40 bits per heavy atom. The monoisotopic (exact) mass is 198 g/mol. The van der Waals surface area contributed by atoms with Crippen LogP contribution in [0.25, 0.3) is 5.57 Å². The lowest BCUT2D eigenvalue weighted by Gasteiger charge is -2.04. The predicted octanol–water partition coefficient (Wildman–Crippen LogP) is 4.39. The summed E-state index contributed by atoms with van der Waals surface area (Å²) in [6, 6.07) is 8.63. The quantitative estimate of drug-likeness (QED) is 0.629. The number of hydrogen-bond acceptors (Lipinski definition) is 0. The van der Waals surface area contributed by atoms with Crippen LogP contribution in [0.15, 0.2) is 55.1 Å². The van der Waals surface area contributed by atoms with Gasteiger partial charge in [0.2, 0.25) is 0 Å². The maximum Gasteiger partial charge on any atom is -0.0181 e. The Balaban J connectivity index is 3.11. The largest absolute Gasteiger partial charge is 0.0990 e. The van der Waals surface area contributed by atoms with Crippen molar-refractivity contribution in [1.29, 1.82) is 0 Å². The van der Waals surface area contributed by atoms with Gasteiger partial charge in [-0.05, 0) is 30.0 Å². The van der Waals surface area contributed by atoms with E-state index >= 15 is 0 Å². The molecule has 15 heavy (non-hydrogen) atoms. The lowest BCUT2D eigenvalue weighted by molar-refractivity contribution is 1.14. The molecule has 0 bridgehead atoms. The summed E-state index contributed by atoms with van der Waals surface area (Å²) in [6.07, 6.45) is 9.10. The van der Waals surface area contributed by atoms with Gasteiger partial charge in [-0.1, -0.05) is 62.1 Å². The van der Waals surface area contributed by atoms with Crippen LogP contribution >= 0.6 is 0 Å². The van der Waals surface area contributed by atoms with Crippen LogP contribution in [0.4, 0.5) is 0 Å². The zero-order chi connectivity index (χ0) is 11.1. The Labute approximate surface area is 92.6 Å². The van der Waals surface area contributed by atoms with E-state index in [0.717, 1.165) is 6.42 Å². The minimum atomic E-state index is 1.07. The number of benzene rings is 1. The lowest BCUT2D eigenvalue weighted by Crippen LogP contribution is -1.85. The van der Waals surface area contributed by atoms with Crippen molar-refractivity contribution < 1.29 is 0 Å². The van der Waals surface area contributed by atoms with E-state index in [9.17, 15) is 0 Å². The predicted molar refractivity (Wildman–Crippen MR) is 68.8 cm³/mol. The van der Waals surface area contributed by atoms with Crippen molar-refractivity contribution in [2.75, 3.05) is 0 Å². The van der Waals surface area contributed by atoms with E-state index in [1.807, 2.05) is 25.2 Å². The van der Waals surface area contributed by atoms with Gasteiger partial charge in [0.1, 0.15) is 0 Å². The zero-order valence-corrected chi connectivity index (χ0v) is 9.53. The first-order chi connectivity index (χ1) is 7.31. The molecule has 0 spiro atoms. The average Bonchev–Trinajstić information content (AvgIpc) is 2.29. The van der Waals surface area contributed by atoms with Gasteiger partial charge in [-0.2, -0.15) is 0 Å². The van der Waals surface area contributed by atoms with Gasteiger partial charge in [0.05, 0.1) is 0 Å². The van der Waals surface area contributed by atoms with Crippen molar-refractivity contribution in [3.63, 3.8) is 0 Å². The summed E-state index contributed by atoms with van der Waals surface area (Å²) in [4.78, 5) is 0. The molecule has 0 aliphatic heterocycles. The molecule has 0 fully saturated rings. The molecule has 0 amide bonds. The van der Waals surface area contributed by atoms with Crippen molar-refractivity contribution in [3.8, 4) is 0 Å². The summed E-state index contributed by atoms with van der Waals surface area (Å²) < 4.78 is 0. The highest BCUT2D eigenvalue weighted by atomic mass is 14.0. The first kappa shape index (κ1) is 11.5. The molecule has 1 aromatic carbocycles. The average molecular weight is 198 g/mol. The van der Waals surface area contributed by atoms with E-state index in [4.69, 9.17) is 0 Å². The van der Waals surface area contributed by atoms with E-state index in [-0.39, 0.29) is 0 Å². The number of allylic oxidation sites excluding steroid dienone is 5. The highest BCUT2D eigenvalue weighted by Gasteiger charge is 1.97. The molecule has 0 nitrogen and oxygen atoms in total. The number of rotatable bonds is 4. The molecule has 1 rings (SSSR count). The van der Waals surface area contributed by atoms with Gasteiger partial charge in [0.25, 0.3) is 0 Å². The van der Waals surface area contributed by atoms with Crippen molar-refractivity contribution in [2.24, 2.45) is 0 Å². The lowest BCUT2D eigenvalue weighted by atomic mass is 10.0. The van der Waals surface area contributed by atoms with Gasteiger partial charge in [0.15, 0.2) is 0 Å². The van der Waals surface area contributed by atoms with Crippen LogP contribution in [0.2, 0.25) is 0 Å². The van der Waals surface area contributed by atoms with Crippen LogP contribution in [0.3, 0.4) is 0 Å². The summed E-state index contributed by atoms with van der Waals surface area (Å²) in [5, 5.41) is 0. The molecule has 0 saturated heterocycles. The Kier molecular flexibility index (Phi) is 4.62. The van der Waals surface area contributed by atoms with E-state index in [2.05, 4.69) is 43.8 Å². The fourth-order valence-electron chi connectivity index (χ4n) is 1.53. The van der Waals surface area contributed by atoms with Crippen LogP contribution < -0.4 is 0 Å². The van der Waals surface area contributed by atoms with E-state index in [1.165, 1.54) is 16.7 Å². The first-order valence-corrected chi connectivity index (χ1v) is 5.36. The second kappa shape index (κ2) is 6.02. The molecule has 0 atom stereocenters. The maximum absolute atomic E-state index is 3.74. The fraction of sp³-hybridized carbons (Fsp3) is 0.200. The van der Waals surface area contributed by atoms with Crippen LogP contribution in [0.5, 0.6) is 0 Å². The van der Waals surface area contributed by atoms with Gasteiger partial charge in [-0.25, -0.2) is 0 Å². The summed E-state index contributed by atoms with van der Waals surface area (Å²) in [6.45, 7) is 7.94. The van der Waals surface area contributed by atoms with Crippen molar-refractivity contribution >= 4 is 5.57 Å². The zero-order valence-electron chi connectivity index (χ0n) is 9.53. The molecule has 78 valence electrons. The van der Waals surface area contributed by atoms with E-state index in [0.29, 0.717) is 0 Å². The molecule has 0 heterocycles. The smallest absolute Gasteiger partial charge is 0.0181 e. The molecular weight excluding hydrogens is 180 g/mol. The van der Waals surface area contributed by atoms with Crippen LogP contribution in [0, 0.1) is 0 Å². The minimum Gasteiger partial charge on any atom is -0.0990 e. The molecule has 0 saturated carbocycles. The van der Waals surface area contributed by atoms with Crippen molar-refractivity contribution in [1.82, 2.24) is 0 Å². The third kappa shape index (κ3) is 3.25. The molecule has 0 aliphatic rings. The summed E-state index contributed by atoms with van der Waals surface area (Å²) in [5.74, 6) is 0. The number of hydrogen-bond donors (Lipinski definition) is 0. The van der Waals surface area contributed by atoms with Gasteiger partial charge in [-0.3, -0.25) is 0 Å². The van der Waals surface area contributed by atoms with Gasteiger partial charge >= 0.3 is 0 Å². The molecular formula is C15H18. The van der Waals surface area contributed by atoms with Crippen LogP contribution in [-0.4, -0.2) is 0 Å². The summed E-state index contributed by atoms with van der Waals surface area (Å²) >= 11 is 0. The second-order valence-corrected chi connectivity index (χ2v) is 3.41. The Bertz CT molecular complexity index is 381. The van der Waals surface area contributed by atoms with Crippen LogP contribution in [-0.2, 0) is 6.42 Å². The Morgan fingerprint density at radius 2 is 2.20 bits per heavy atom. The highest BCUT2D eigenvalue weighted by Crippen LogP contribution is 2.17. The second-order valence-electron chi connectivity index (χ2n) is 3.41. The first-order valence-electron chi connectivity index (χ1n) is 5.36. The van der Waals surface area contributed by atoms with Crippen LogP contribution in [0.1, 0.15) is 25.0 Å². The van der Waals surface area contributed by atoms with Gasteiger partial charge in [-0.15, -0.1) is 0 Å². The van der Waals surface area contributed by atoms with Crippen molar-refractivity contribution in [2.45, 2.75) is 20.3 Å². The molecule has 0 unspecified atom stereocenters. The standard InChI is InChI=1S/C15H18/c1-4-8-14(9-5-2)15-11-7-10-13(6-3)12-15/h4-5,7-12H,1,6H2,2-3H3/b9-5-,14-8+. The molecule has 0 aromatic heterocycles.